The summed E-state index contributed by atoms with van der Waals surface area (Å²) in [6.45, 7) is 16.3. The van der Waals surface area contributed by atoms with Crippen LogP contribution >= 0.6 is 0 Å². The van der Waals surface area contributed by atoms with Crippen molar-refractivity contribution in [3.05, 3.63) is 0 Å². The summed E-state index contributed by atoms with van der Waals surface area (Å²) in [5, 5.41) is 0. The molecule has 2 aliphatic heterocycles. The number of ether oxygens (including phenoxy) is 2. The number of rotatable bonds is 3. The van der Waals surface area contributed by atoms with Gasteiger partial charge in [0.25, 0.3) is 0 Å². The summed E-state index contributed by atoms with van der Waals surface area (Å²) in [4.78, 5) is 2.46. The summed E-state index contributed by atoms with van der Waals surface area (Å²) < 4.78 is 10.1. The molecular weight excluding hydrogens is 262 g/mol. The molecule has 0 aliphatic carbocycles. The molecule has 0 aromatic carbocycles. The van der Waals surface area contributed by atoms with Gasteiger partial charge in [-0.05, 0) is 72.8 Å². The van der Waals surface area contributed by atoms with Gasteiger partial charge in [0.2, 0.25) is 0 Å². The molecule has 0 amide bonds. The Bertz CT molecular complexity index is 156. The lowest BCUT2D eigenvalue weighted by atomic mass is 10.2. The third-order valence-electron chi connectivity index (χ3n) is 3.85. The van der Waals surface area contributed by atoms with Crippen LogP contribution in [-0.2, 0) is 9.47 Å². The van der Waals surface area contributed by atoms with Crippen molar-refractivity contribution in [2.75, 3.05) is 33.0 Å². The first-order chi connectivity index (χ1) is 10.1. The topological polar surface area (TPSA) is 21.7 Å². The van der Waals surface area contributed by atoms with E-state index in [2.05, 4.69) is 39.5 Å². The summed E-state index contributed by atoms with van der Waals surface area (Å²) in [6, 6.07) is 1.38. The Morgan fingerprint density at radius 3 is 1.05 bits per heavy atom. The number of nitrogens with zero attached hydrogens (tertiary/aromatic N) is 1. The molecule has 0 unspecified atom stereocenters. The van der Waals surface area contributed by atoms with Gasteiger partial charge in [-0.3, -0.25) is 4.90 Å². The highest BCUT2D eigenvalue weighted by Crippen LogP contribution is 2.03. The van der Waals surface area contributed by atoms with Crippen LogP contribution in [0.2, 0.25) is 0 Å². The SMILES string of the molecule is C1CCOCC1.C1CCOCC1.CCN(C(C)C)C(C)C. The summed E-state index contributed by atoms with van der Waals surface area (Å²) in [5.74, 6) is 0. The second kappa shape index (κ2) is 14.8. The van der Waals surface area contributed by atoms with Crippen LogP contribution in [0.25, 0.3) is 0 Å². The molecule has 0 N–H and O–H groups in total. The summed E-state index contributed by atoms with van der Waals surface area (Å²) >= 11 is 0. The van der Waals surface area contributed by atoms with Crippen LogP contribution in [0.4, 0.5) is 0 Å². The van der Waals surface area contributed by atoms with Crippen molar-refractivity contribution < 1.29 is 9.47 Å². The Morgan fingerprint density at radius 1 is 0.667 bits per heavy atom. The molecule has 0 atom stereocenters. The van der Waals surface area contributed by atoms with Crippen LogP contribution in [0, 0.1) is 0 Å². The third kappa shape index (κ3) is 13.3. The molecule has 0 aromatic heterocycles. The van der Waals surface area contributed by atoms with E-state index in [1.54, 1.807) is 0 Å². The Labute approximate surface area is 133 Å². The van der Waals surface area contributed by atoms with Gasteiger partial charge in [0, 0.05) is 38.5 Å². The minimum Gasteiger partial charge on any atom is -0.381 e. The Morgan fingerprint density at radius 2 is 1.00 bits per heavy atom. The predicted molar refractivity (Wildman–Crippen MR) is 92.0 cm³/mol. The largest absolute Gasteiger partial charge is 0.381 e. The van der Waals surface area contributed by atoms with Gasteiger partial charge in [-0.25, -0.2) is 0 Å². The third-order valence-corrected chi connectivity index (χ3v) is 3.85. The van der Waals surface area contributed by atoms with Crippen molar-refractivity contribution in [2.45, 2.75) is 85.2 Å². The standard InChI is InChI=1S/C8H19N.2C5H10O/c1-6-9(7(2)3)8(4)5;2*1-2-4-6-5-3-1/h7-8H,6H2,1-5H3;2*1-5H2. The highest BCUT2D eigenvalue weighted by Gasteiger charge is 2.09. The maximum absolute atomic E-state index is 5.07. The Hall–Kier alpha value is -0.120. The molecule has 2 rings (SSSR count). The van der Waals surface area contributed by atoms with Gasteiger partial charge in [0.1, 0.15) is 0 Å². The van der Waals surface area contributed by atoms with E-state index in [0.717, 1.165) is 33.0 Å². The van der Waals surface area contributed by atoms with E-state index in [-0.39, 0.29) is 0 Å². The van der Waals surface area contributed by atoms with Gasteiger partial charge >= 0.3 is 0 Å². The second-order valence-electron chi connectivity index (χ2n) is 6.36. The van der Waals surface area contributed by atoms with E-state index in [0.29, 0.717) is 12.1 Å². The van der Waals surface area contributed by atoms with Crippen molar-refractivity contribution in [3.8, 4) is 0 Å². The second-order valence-corrected chi connectivity index (χ2v) is 6.36. The lowest BCUT2D eigenvalue weighted by Gasteiger charge is -2.28. The van der Waals surface area contributed by atoms with Gasteiger partial charge in [0.05, 0.1) is 0 Å². The van der Waals surface area contributed by atoms with Crippen LogP contribution in [0.3, 0.4) is 0 Å². The fraction of sp³-hybridized carbons (Fsp3) is 1.00. The lowest BCUT2D eigenvalue weighted by molar-refractivity contribution is 0.0967. The molecule has 3 nitrogen and oxygen atoms in total. The van der Waals surface area contributed by atoms with Gasteiger partial charge in [-0.2, -0.15) is 0 Å². The zero-order valence-corrected chi connectivity index (χ0v) is 15.2. The normalized spacial score (nSPS) is 18.9. The predicted octanol–water partition coefficient (Wildman–Crippen LogP) is 4.50. The first kappa shape index (κ1) is 20.9. The van der Waals surface area contributed by atoms with Gasteiger partial charge in [-0.15, -0.1) is 0 Å². The molecule has 2 saturated heterocycles. The van der Waals surface area contributed by atoms with E-state index in [1.807, 2.05) is 0 Å². The van der Waals surface area contributed by atoms with E-state index in [4.69, 9.17) is 9.47 Å². The van der Waals surface area contributed by atoms with E-state index in [1.165, 1.54) is 38.5 Å². The quantitative estimate of drug-likeness (QED) is 0.766. The molecule has 0 aromatic rings. The van der Waals surface area contributed by atoms with E-state index in [9.17, 15) is 0 Å². The van der Waals surface area contributed by atoms with Crippen LogP contribution < -0.4 is 0 Å². The highest BCUT2D eigenvalue weighted by atomic mass is 16.5. The van der Waals surface area contributed by atoms with Crippen molar-refractivity contribution in [2.24, 2.45) is 0 Å². The number of hydrogen-bond donors (Lipinski definition) is 0. The fourth-order valence-electron chi connectivity index (χ4n) is 2.70. The molecule has 128 valence electrons. The molecule has 2 fully saturated rings. The van der Waals surface area contributed by atoms with E-state index < -0.39 is 0 Å². The summed E-state index contributed by atoms with van der Waals surface area (Å²) in [6.07, 6.45) is 7.86. The molecule has 2 heterocycles. The first-order valence-electron chi connectivity index (χ1n) is 9.00. The molecule has 0 spiro atoms. The molecule has 0 radical (unpaired) electrons. The lowest BCUT2D eigenvalue weighted by Crippen LogP contribution is -2.36. The summed E-state index contributed by atoms with van der Waals surface area (Å²) in [7, 11) is 0. The number of hydrogen-bond acceptors (Lipinski definition) is 3. The maximum Gasteiger partial charge on any atom is 0.0466 e. The van der Waals surface area contributed by atoms with Crippen LogP contribution in [-0.4, -0.2) is 50.0 Å². The van der Waals surface area contributed by atoms with Crippen LogP contribution in [0.5, 0.6) is 0 Å². The van der Waals surface area contributed by atoms with Crippen LogP contribution in [0.15, 0.2) is 0 Å². The Balaban J connectivity index is 0.000000293. The summed E-state index contributed by atoms with van der Waals surface area (Å²) in [5.41, 5.74) is 0. The zero-order chi connectivity index (χ0) is 15.9. The average molecular weight is 302 g/mol. The molecule has 21 heavy (non-hydrogen) atoms. The maximum atomic E-state index is 5.07. The molecule has 0 saturated carbocycles. The van der Waals surface area contributed by atoms with Crippen molar-refractivity contribution >= 4 is 0 Å². The van der Waals surface area contributed by atoms with Gasteiger partial charge in [0.15, 0.2) is 0 Å². The van der Waals surface area contributed by atoms with Crippen molar-refractivity contribution in [1.29, 1.82) is 0 Å². The molecule has 0 bridgehead atoms. The smallest absolute Gasteiger partial charge is 0.0466 e. The highest BCUT2D eigenvalue weighted by molar-refractivity contribution is 4.64. The van der Waals surface area contributed by atoms with Gasteiger partial charge in [-0.1, -0.05) is 6.92 Å². The Kier molecular flexibility index (Phi) is 14.7. The van der Waals surface area contributed by atoms with Crippen molar-refractivity contribution in [3.63, 3.8) is 0 Å². The first-order valence-corrected chi connectivity index (χ1v) is 9.00. The molecule has 3 heteroatoms. The molecular formula is C18H39NO2. The van der Waals surface area contributed by atoms with Crippen LogP contribution in [0.1, 0.15) is 73.1 Å². The fourth-order valence-corrected chi connectivity index (χ4v) is 2.70. The minimum absolute atomic E-state index is 0.690. The van der Waals surface area contributed by atoms with Crippen molar-refractivity contribution in [1.82, 2.24) is 4.90 Å². The zero-order valence-electron chi connectivity index (χ0n) is 15.2. The molecule has 2 aliphatic rings. The van der Waals surface area contributed by atoms with Gasteiger partial charge < -0.3 is 9.47 Å². The monoisotopic (exact) mass is 301 g/mol. The minimum atomic E-state index is 0.690. The van der Waals surface area contributed by atoms with E-state index >= 15 is 0 Å². The average Bonchev–Trinajstić information content (AvgIpc) is 2.52.